The van der Waals surface area contributed by atoms with Gasteiger partial charge in [0.05, 0.1) is 5.56 Å². The molecule has 0 amide bonds. The number of rotatable bonds is 4. The summed E-state index contributed by atoms with van der Waals surface area (Å²) in [6.45, 7) is -0.00898. The highest BCUT2D eigenvalue weighted by molar-refractivity contribution is 6.58. The van der Waals surface area contributed by atoms with E-state index in [0.29, 0.717) is 16.8 Å². The molecule has 0 aliphatic carbocycles. The lowest BCUT2D eigenvalue weighted by molar-refractivity contribution is -0.137. The van der Waals surface area contributed by atoms with Gasteiger partial charge < -0.3 is 14.8 Å². The van der Waals surface area contributed by atoms with E-state index in [0.717, 1.165) is 12.1 Å². The summed E-state index contributed by atoms with van der Waals surface area (Å²) < 4.78 is 43.1. The van der Waals surface area contributed by atoms with Gasteiger partial charge in [-0.05, 0) is 35.3 Å². The third-order valence-electron chi connectivity index (χ3n) is 2.84. The summed E-state index contributed by atoms with van der Waals surface area (Å²) in [5, 5.41) is 17.9. The molecule has 0 aliphatic rings. The first-order valence-electron chi connectivity index (χ1n) is 6.11. The molecule has 7 heteroatoms. The van der Waals surface area contributed by atoms with Crippen molar-refractivity contribution in [3.63, 3.8) is 0 Å². The quantitative estimate of drug-likeness (QED) is 0.848. The molecule has 2 rings (SSSR count). The van der Waals surface area contributed by atoms with Gasteiger partial charge in [0.1, 0.15) is 12.4 Å². The molecule has 0 bridgehead atoms. The van der Waals surface area contributed by atoms with Crippen LogP contribution in [-0.2, 0) is 12.8 Å². The Bertz CT molecular complexity index is 597. The molecule has 3 nitrogen and oxygen atoms in total. The number of ether oxygens (including phenoxy) is 1. The number of halogens is 3. The van der Waals surface area contributed by atoms with E-state index in [9.17, 15) is 13.2 Å². The van der Waals surface area contributed by atoms with Crippen molar-refractivity contribution >= 4 is 12.6 Å². The largest absolute Gasteiger partial charge is 0.489 e. The van der Waals surface area contributed by atoms with Crippen LogP contribution in [0.25, 0.3) is 0 Å². The Morgan fingerprint density at radius 2 is 1.67 bits per heavy atom. The van der Waals surface area contributed by atoms with Crippen LogP contribution in [-0.4, -0.2) is 17.2 Å². The van der Waals surface area contributed by atoms with Crippen molar-refractivity contribution in [2.24, 2.45) is 0 Å². The van der Waals surface area contributed by atoms with E-state index in [1.54, 1.807) is 6.07 Å². The molecule has 0 saturated carbocycles. The second-order valence-electron chi connectivity index (χ2n) is 4.43. The molecule has 21 heavy (non-hydrogen) atoms. The molecule has 0 atom stereocenters. The van der Waals surface area contributed by atoms with Crippen molar-refractivity contribution in [1.29, 1.82) is 0 Å². The van der Waals surface area contributed by atoms with Crippen molar-refractivity contribution in [2.45, 2.75) is 12.8 Å². The zero-order valence-corrected chi connectivity index (χ0v) is 10.8. The Hall–Kier alpha value is -1.99. The van der Waals surface area contributed by atoms with Crippen LogP contribution in [0.4, 0.5) is 13.2 Å². The van der Waals surface area contributed by atoms with Gasteiger partial charge in [-0.3, -0.25) is 0 Å². The lowest BCUT2D eigenvalue weighted by Gasteiger charge is -2.10. The van der Waals surface area contributed by atoms with E-state index in [4.69, 9.17) is 14.8 Å². The van der Waals surface area contributed by atoms with Crippen molar-refractivity contribution in [3.8, 4) is 5.75 Å². The number of alkyl halides is 3. The maximum atomic E-state index is 12.6. The smallest absolute Gasteiger partial charge is 0.488 e. The summed E-state index contributed by atoms with van der Waals surface area (Å²) >= 11 is 0. The number of hydrogen-bond donors (Lipinski definition) is 2. The molecule has 0 fully saturated rings. The topological polar surface area (TPSA) is 49.7 Å². The van der Waals surface area contributed by atoms with Crippen LogP contribution in [0.5, 0.6) is 5.75 Å². The third kappa shape index (κ3) is 4.24. The first kappa shape index (κ1) is 15.4. The molecule has 0 heterocycles. The summed E-state index contributed by atoms with van der Waals surface area (Å²) in [6.07, 6.45) is -4.38. The van der Waals surface area contributed by atoms with Crippen LogP contribution in [0.15, 0.2) is 48.5 Å². The highest BCUT2D eigenvalue weighted by atomic mass is 19.4. The van der Waals surface area contributed by atoms with Crippen LogP contribution < -0.4 is 10.2 Å². The van der Waals surface area contributed by atoms with Gasteiger partial charge in [0.25, 0.3) is 0 Å². The fourth-order valence-electron chi connectivity index (χ4n) is 1.74. The van der Waals surface area contributed by atoms with Gasteiger partial charge >= 0.3 is 13.3 Å². The average molecular weight is 296 g/mol. The summed E-state index contributed by atoms with van der Waals surface area (Å²) in [6, 6.07) is 10.9. The molecule has 2 aromatic rings. The molecule has 110 valence electrons. The summed E-state index contributed by atoms with van der Waals surface area (Å²) in [5.74, 6) is 0.428. The SMILES string of the molecule is OB(O)c1ccc(OCc2cccc(C(F)(F)F)c2)cc1. The predicted octanol–water partition coefficient (Wildman–Crippen LogP) is 1.96. The van der Waals surface area contributed by atoms with Crippen molar-refractivity contribution in [3.05, 3.63) is 59.7 Å². The van der Waals surface area contributed by atoms with Crippen LogP contribution in [0, 0.1) is 0 Å². The molecule has 0 saturated heterocycles. The molecule has 2 aromatic carbocycles. The second-order valence-corrected chi connectivity index (χ2v) is 4.43. The molecule has 0 aliphatic heterocycles. The minimum absolute atomic E-state index is 0.00898. The van der Waals surface area contributed by atoms with Gasteiger partial charge in [0.15, 0.2) is 0 Å². The lowest BCUT2D eigenvalue weighted by atomic mass is 9.80. The molecular weight excluding hydrogens is 284 g/mol. The zero-order valence-electron chi connectivity index (χ0n) is 10.8. The summed E-state index contributed by atoms with van der Waals surface area (Å²) in [4.78, 5) is 0. The van der Waals surface area contributed by atoms with E-state index in [1.165, 1.54) is 30.3 Å². The molecule has 2 N–H and O–H groups in total. The van der Waals surface area contributed by atoms with Gasteiger partial charge in [-0.25, -0.2) is 0 Å². The van der Waals surface area contributed by atoms with Crippen molar-refractivity contribution in [1.82, 2.24) is 0 Å². The standard InChI is InChI=1S/C14H12BF3O3/c16-14(17,18)11-3-1-2-10(8-11)9-21-13-6-4-12(5-7-13)15(19)20/h1-8,19-20H,9H2. The minimum atomic E-state index is -4.38. The van der Waals surface area contributed by atoms with Crippen LogP contribution >= 0.6 is 0 Å². The normalized spacial score (nSPS) is 11.3. The molecule has 0 aromatic heterocycles. The maximum absolute atomic E-state index is 12.6. The molecule has 0 radical (unpaired) electrons. The fraction of sp³-hybridized carbons (Fsp3) is 0.143. The van der Waals surface area contributed by atoms with Crippen LogP contribution in [0.1, 0.15) is 11.1 Å². The third-order valence-corrected chi connectivity index (χ3v) is 2.84. The van der Waals surface area contributed by atoms with Gasteiger partial charge in [-0.15, -0.1) is 0 Å². The number of benzene rings is 2. The first-order chi connectivity index (χ1) is 9.86. The van der Waals surface area contributed by atoms with Gasteiger partial charge in [-0.1, -0.05) is 24.3 Å². The van der Waals surface area contributed by atoms with Crippen LogP contribution in [0.3, 0.4) is 0 Å². The van der Waals surface area contributed by atoms with E-state index in [1.807, 2.05) is 0 Å². The van der Waals surface area contributed by atoms with Gasteiger partial charge in [0.2, 0.25) is 0 Å². The Labute approximate surface area is 119 Å². The predicted molar refractivity (Wildman–Crippen MR) is 72.0 cm³/mol. The number of hydrogen-bond acceptors (Lipinski definition) is 3. The Balaban J connectivity index is 2.03. The molecular formula is C14H12BF3O3. The highest BCUT2D eigenvalue weighted by Crippen LogP contribution is 2.29. The first-order valence-corrected chi connectivity index (χ1v) is 6.11. The average Bonchev–Trinajstić information content (AvgIpc) is 2.45. The van der Waals surface area contributed by atoms with E-state index in [2.05, 4.69) is 0 Å². The fourth-order valence-corrected chi connectivity index (χ4v) is 1.74. The minimum Gasteiger partial charge on any atom is -0.489 e. The van der Waals surface area contributed by atoms with E-state index < -0.39 is 18.9 Å². The van der Waals surface area contributed by atoms with E-state index in [-0.39, 0.29) is 6.61 Å². The Morgan fingerprint density at radius 3 is 2.24 bits per heavy atom. The molecule has 0 spiro atoms. The Kier molecular flexibility index (Phi) is 4.54. The van der Waals surface area contributed by atoms with Crippen molar-refractivity contribution in [2.75, 3.05) is 0 Å². The summed E-state index contributed by atoms with van der Waals surface area (Å²) in [7, 11) is -1.57. The highest BCUT2D eigenvalue weighted by Gasteiger charge is 2.30. The second kappa shape index (κ2) is 6.20. The van der Waals surface area contributed by atoms with Crippen molar-refractivity contribution < 1.29 is 28.0 Å². The van der Waals surface area contributed by atoms with Gasteiger partial charge in [0, 0.05) is 0 Å². The summed E-state index contributed by atoms with van der Waals surface area (Å²) in [5.41, 5.74) is -0.0140. The van der Waals surface area contributed by atoms with Crippen LogP contribution in [0.2, 0.25) is 0 Å². The van der Waals surface area contributed by atoms with E-state index >= 15 is 0 Å². The lowest BCUT2D eigenvalue weighted by Crippen LogP contribution is -2.29. The maximum Gasteiger partial charge on any atom is 0.488 e. The molecule has 0 unspecified atom stereocenters. The Morgan fingerprint density at radius 1 is 1.00 bits per heavy atom. The van der Waals surface area contributed by atoms with Gasteiger partial charge in [-0.2, -0.15) is 13.2 Å². The monoisotopic (exact) mass is 296 g/mol. The zero-order chi connectivity index (χ0) is 15.5.